The summed E-state index contributed by atoms with van der Waals surface area (Å²) in [4.78, 5) is 17.2. The molecule has 0 radical (unpaired) electrons. The Morgan fingerprint density at radius 3 is 2.68 bits per heavy atom. The molecule has 0 bridgehead atoms. The van der Waals surface area contributed by atoms with Crippen molar-refractivity contribution in [1.82, 2.24) is 15.1 Å². The minimum absolute atomic E-state index is 0.311. The normalized spacial score (nSPS) is 21.8. The second-order valence-electron chi connectivity index (χ2n) is 7.25. The summed E-state index contributed by atoms with van der Waals surface area (Å²) in [5, 5.41) is 5.92. The van der Waals surface area contributed by atoms with E-state index in [9.17, 15) is 4.79 Å². The molecule has 0 aromatic heterocycles. The molecule has 2 fully saturated rings. The highest BCUT2D eigenvalue weighted by atomic mass is 16.2. The van der Waals surface area contributed by atoms with Crippen LogP contribution < -0.4 is 5.32 Å². The zero-order valence-corrected chi connectivity index (χ0v) is 14.8. The Balaban J connectivity index is 1.31. The second kappa shape index (κ2) is 7.54. The van der Waals surface area contributed by atoms with Gasteiger partial charge in [0.1, 0.15) is 0 Å². The molecule has 25 heavy (non-hydrogen) atoms. The van der Waals surface area contributed by atoms with Crippen LogP contribution in [0.25, 0.3) is 10.8 Å². The molecule has 2 aliphatic heterocycles. The molecule has 1 atom stereocenters. The van der Waals surface area contributed by atoms with E-state index in [0.717, 1.165) is 52.1 Å². The Bertz CT molecular complexity index is 739. The molecule has 2 heterocycles. The van der Waals surface area contributed by atoms with Crippen molar-refractivity contribution in [3.8, 4) is 0 Å². The summed E-state index contributed by atoms with van der Waals surface area (Å²) in [6.45, 7) is 6.22. The Morgan fingerprint density at radius 1 is 1.04 bits per heavy atom. The monoisotopic (exact) mass is 337 g/mol. The molecule has 132 valence electrons. The number of rotatable bonds is 4. The zero-order valence-electron chi connectivity index (χ0n) is 14.8. The lowest BCUT2D eigenvalue weighted by Gasteiger charge is -2.32. The van der Waals surface area contributed by atoms with Gasteiger partial charge in [0.25, 0.3) is 0 Å². The molecule has 0 saturated carbocycles. The molecule has 1 N–H and O–H groups in total. The van der Waals surface area contributed by atoms with E-state index < -0.39 is 0 Å². The summed E-state index contributed by atoms with van der Waals surface area (Å²) >= 11 is 0. The molecule has 0 aliphatic carbocycles. The van der Waals surface area contributed by atoms with Gasteiger partial charge in [-0.2, -0.15) is 0 Å². The van der Waals surface area contributed by atoms with Crippen molar-refractivity contribution in [2.45, 2.75) is 25.3 Å². The van der Waals surface area contributed by atoms with Crippen LogP contribution in [0.3, 0.4) is 0 Å². The fourth-order valence-corrected chi connectivity index (χ4v) is 4.12. The van der Waals surface area contributed by atoms with Gasteiger partial charge in [-0.3, -0.25) is 9.69 Å². The highest BCUT2D eigenvalue weighted by Crippen LogP contribution is 2.19. The summed E-state index contributed by atoms with van der Waals surface area (Å²) in [5.74, 6) is 0.311. The minimum Gasteiger partial charge on any atom is -0.341 e. The van der Waals surface area contributed by atoms with Crippen molar-refractivity contribution >= 4 is 16.7 Å². The van der Waals surface area contributed by atoms with Crippen molar-refractivity contribution in [3.63, 3.8) is 0 Å². The van der Waals surface area contributed by atoms with Crippen LogP contribution in [-0.4, -0.2) is 61.0 Å². The third-order valence-electron chi connectivity index (χ3n) is 5.63. The van der Waals surface area contributed by atoms with E-state index in [0.29, 0.717) is 18.4 Å². The lowest BCUT2D eigenvalue weighted by atomic mass is 10.0. The highest BCUT2D eigenvalue weighted by molar-refractivity contribution is 5.83. The third-order valence-corrected chi connectivity index (χ3v) is 5.63. The van der Waals surface area contributed by atoms with E-state index >= 15 is 0 Å². The molecule has 1 unspecified atom stereocenters. The number of nitrogens with zero attached hydrogens (tertiary/aromatic N) is 2. The second-order valence-corrected chi connectivity index (χ2v) is 7.25. The summed E-state index contributed by atoms with van der Waals surface area (Å²) in [6, 6.07) is 15.5. The molecule has 2 aromatic carbocycles. The Labute approximate surface area is 149 Å². The number of benzene rings is 2. The minimum atomic E-state index is 0.311. The summed E-state index contributed by atoms with van der Waals surface area (Å²) < 4.78 is 0. The molecule has 1 amide bonds. The summed E-state index contributed by atoms with van der Waals surface area (Å²) in [5.41, 5.74) is 1.25. The van der Waals surface area contributed by atoms with Crippen LogP contribution in [0.1, 0.15) is 18.4 Å². The van der Waals surface area contributed by atoms with Gasteiger partial charge in [-0.15, -0.1) is 0 Å². The highest BCUT2D eigenvalue weighted by Gasteiger charge is 2.30. The number of hydrogen-bond acceptors (Lipinski definition) is 3. The molecule has 4 heteroatoms. The number of piperazine rings is 1. The number of aryl methyl sites for hydroxylation is 1. The van der Waals surface area contributed by atoms with Gasteiger partial charge < -0.3 is 10.2 Å². The zero-order chi connectivity index (χ0) is 17.1. The van der Waals surface area contributed by atoms with Gasteiger partial charge in [-0.05, 0) is 29.2 Å². The molecule has 2 aromatic rings. The third kappa shape index (κ3) is 3.86. The van der Waals surface area contributed by atoms with Crippen molar-refractivity contribution in [2.24, 2.45) is 0 Å². The number of amides is 1. The Morgan fingerprint density at radius 2 is 1.84 bits per heavy atom. The van der Waals surface area contributed by atoms with Crippen LogP contribution in [0.4, 0.5) is 0 Å². The van der Waals surface area contributed by atoms with Gasteiger partial charge in [0.15, 0.2) is 0 Å². The maximum absolute atomic E-state index is 12.6. The predicted molar refractivity (Wildman–Crippen MR) is 102 cm³/mol. The molecule has 4 nitrogen and oxygen atoms in total. The maximum atomic E-state index is 12.6. The van der Waals surface area contributed by atoms with Crippen molar-refractivity contribution < 1.29 is 4.79 Å². The molecular weight excluding hydrogens is 310 g/mol. The smallest absolute Gasteiger partial charge is 0.222 e. The van der Waals surface area contributed by atoms with E-state index in [-0.39, 0.29) is 0 Å². The molecule has 2 aliphatic rings. The lowest BCUT2D eigenvalue weighted by Crippen LogP contribution is -2.49. The van der Waals surface area contributed by atoms with E-state index in [4.69, 9.17) is 0 Å². The standard InChI is InChI=1S/C21H27N3O/c25-21(24-12-9-20(16-24)23-13-10-22-11-14-23)8-6-17-5-7-18-3-1-2-4-19(18)15-17/h1-5,7,15,20,22H,6,8-14,16H2. The number of nitrogens with one attached hydrogen (secondary N) is 1. The van der Waals surface area contributed by atoms with Gasteiger partial charge in [0.05, 0.1) is 0 Å². The fraction of sp³-hybridized carbons (Fsp3) is 0.476. The number of carbonyl (C=O) groups is 1. The van der Waals surface area contributed by atoms with E-state index in [2.05, 4.69) is 57.6 Å². The van der Waals surface area contributed by atoms with E-state index in [1.54, 1.807) is 0 Å². The number of likely N-dealkylation sites (tertiary alicyclic amines) is 1. The first-order valence-corrected chi connectivity index (χ1v) is 9.50. The van der Waals surface area contributed by atoms with Gasteiger partial charge in [0.2, 0.25) is 5.91 Å². The fourth-order valence-electron chi connectivity index (χ4n) is 4.12. The number of carbonyl (C=O) groups excluding carboxylic acids is 1. The first kappa shape index (κ1) is 16.6. The molecule has 0 spiro atoms. The van der Waals surface area contributed by atoms with E-state index in [1.165, 1.54) is 16.3 Å². The van der Waals surface area contributed by atoms with Gasteiger partial charge in [0, 0.05) is 51.7 Å². The average molecular weight is 337 g/mol. The average Bonchev–Trinajstić information content (AvgIpc) is 3.17. The number of hydrogen-bond donors (Lipinski definition) is 1. The van der Waals surface area contributed by atoms with Gasteiger partial charge in [-0.25, -0.2) is 0 Å². The van der Waals surface area contributed by atoms with Crippen LogP contribution >= 0.6 is 0 Å². The Hall–Kier alpha value is -1.91. The van der Waals surface area contributed by atoms with Crippen molar-refractivity contribution in [2.75, 3.05) is 39.3 Å². The van der Waals surface area contributed by atoms with Crippen LogP contribution in [-0.2, 0) is 11.2 Å². The van der Waals surface area contributed by atoms with Crippen LogP contribution in [0, 0.1) is 0 Å². The molecular formula is C21H27N3O. The molecule has 2 saturated heterocycles. The number of fused-ring (bicyclic) bond motifs is 1. The summed E-state index contributed by atoms with van der Waals surface area (Å²) in [6.07, 6.45) is 2.58. The first-order chi connectivity index (χ1) is 12.3. The van der Waals surface area contributed by atoms with Crippen LogP contribution in [0.15, 0.2) is 42.5 Å². The maximum Gasteiger partial charge on any atom is 0.222 e. The van der Waals surface area contributed by atoms with Gasteiger partial charge in [-0.1, -0.05) is 42.5 Å². The van der Waals surface area contributed by atoms with Crippen LogP contribution in [0.2, 0.25) is 0 Å². The quantitative estimate of drug-likeness (QED) is 0.930. The van der Waals surface area contributed by atoms with Crippen molar-refractivity contribution in [3.05, 3.63) is 48.0 Å². The SMILES string of the molecule is O=C(CCc1ccc2ccccc2c1)N1CCC(N2CCNCC2)C1. The topological polar surface area (TPSA) is 35.6 Å². The Kier molecular flexibility index (Phi) is 4.99. The van der Waals surface area contributed by atoms with Gasteiger partial charge >= 0.3 is 0 Å². The van der Waals surface area contributed by atoms with E-state index in [1.807, 2.05) is 0 Å². The van der Waals surface area contributed by atoms with Crippen LogP contribution in [0.5, 0.6) is 0 Å². The largest absolute Gasteiger partial charge is 0.341 e. The predicted octanol–water partition coefficient (Wildman–Crippen LogP) is 2.28. The summed E-state index contributed by atoms with van der Waals surface area (Å²) in [7, 11) is 0. The molecule has 4 rings (SSSR count). The first-order valence-electron chi connectivity index (χ1n) is 9.50. The van der Waals surface area contributed by atoms with Crippen molar-refractivity contribution in [1.29, 1.82) is 0 Å². The lowest BCUT2D eigenvalue weighted by molar-refractivity contribution is -0.130.